The third-order valence-corrected chi connectivity index (χ3v) is 5.01. The Morgan fingerprint density at radius 2 is 2.00 bits per heavy atom. The molecule has 4 nitrogen and oxygen atoms in total. The van der Waals surface area contributed by atoms with Crippen LogP contribution < -0.4 is 10.2 Å². The second kappa shape index (κ2) is 6.55. The zero-order chi connectivity index (χ0) is 13.8. The molecule has 106 valence electrons. The summed E-state index contributed by atoms with van der Waals surface area (Å²) in [5.74, 6) is 2.75. The van der Waals surface area contributed by atoms with Crippen molar-refractivity contribution in [1.82, 2.24) is 9.97 Å². The summed E-state index contributed by atoms with van der Waals surface area (Å²) >= 11 is 3.61. The molecule has 0 spiro atoms. The number of aromatic nitrogens is 2. The number of halogens is 1. The fraction of sp³-hybridized carbons (Fsp3) is 0.714. The van der Waals surface area contributed by atoms with Crippen molar-refractivity contribution in [3.05, 3.63) is 10.8 Å². The highest BCUT2D eigenvalue weighted by Crippen LogP contribution is 2.34. The number of hydrogen-bond donors (Lipinski definition) is 1. The molecule has 1 heterocycles. The molecular weight excluding hydrogens is 304 g/mol. The average Bonchev–Trinajstić information content (AvgIpc) is 2.47. The van der Waals surface area contributed by atoms with Crippen LogP contribution in [0, 0.1) is 5.92 Å². The van der Waals surface area contributed by atoms with Crippen LogP contribution in [-0.4, -0.2) is 30.1 Å². The normalized spacial score (nSPS) is 23.2. The van der Waals surface area contributed by atoms with Crippen LogP contribution in [0.1, 0.15) is 39.0 Å². The Morgan fingerprint density at radius 3 is 2.58 bits per heavy atom. The van der Waals surface area contributed by atoms with E-state index in [0.717, 1.165) is 22.0 Å². The maximum Gasteiger partial charge on any atom is 0.148 e. The number of nitrogens with one attached hydrogen (secondary N) is 1. The molecule has 1 N–H and O–H groups in total. The molecule has 2 rings (SSSR count). The van der Waals surface area contributed by atoms with Gasteiger partial charge in [-0.2, -0.15) is 0 Å². The molecule has 1 saturated carbocycles. The van der Waals surface area contributed by atoms with Crippen molar-refractivity contribution >= 4 is 27.6 Å². The lowest BCUT2D eigenvalue weighted by molar-refractivity contribution is 0.312. The lowest BCUT2D eigenvalue weighted by Crippen LogP contribution is -2.36. The Kier molecular flexibility index (Phi) is 5.02. The molecule has 0 bridgehead atoms. The molecule has 0 saturated heterocycles. The molecule has 1 aromatic heterocycles. The summed E-state index contributed by atoms with van der Waals surface area (Å²) in [6, 6.07) is 0.596. The summed E-state index contributed by atoms with van der Waals surface area (Å²) in [5.41, 5.74) is 0. The minimum absolute atomic E-state index is 0.596. The molecule has 1 aliphatic rings. The minimum Gasteiger partial charge on any atom is -0.372 e. The predicted molar refractivity (Wildman–Crippen MR) is 83.7 cm³/mol. The van der Waals surface area contributed by atoms with Gasteiger partial charge in [-0.3, -0.25) is 0 Å². The Labute approximate surface area is 124 Å². The van der Waals surface area contributed by atoms with Crippen LogP contribution in [0.15, 0.2) is 10.8 Å². The van der Waals surface area contributed by atoms with Gasteiger partial charge >= 0.3 is 0 Å². The van der Waals surface area contributed by atoms with E-state index in [9.17, 15) is 0 Å². The molecule has 5 heteroatoms. The fourth-order valence-electron chi connectivity index (χ4n) is 2.89. The molecule has 1 aliphatic carbocycles. The predicted octanol–water partition coefficient (Wildman–Crippen LogP) is 3.69. The van der Waals surface area contributed by atoms with Gasteiger partial charge in [-0.05, 0) is 47.5 Å². The van der Waals surface area contributed by atoms with Gasteiger partial charge in [-0.1, -0.05) is 13.3 Å². The highest BCUT2D eigenvalue weighted by atomic mass is 79.9. The summed E-state index contributed by atoms with van der Waals surface area (Å²) in [4.78, 5) is 10.9. The van der Waals surface area contributed by atoms with Crippen molar-refractivity contribution in [1.29, 1.82) is 0 Å². The maximum atomic E-state index is 4.43. The third kappa shape index (κ3) is 3.19. The molecule has 1 fully saturated rings. The molecular formula is C14H23BrN4. The van der Waals surface area contributed by atoms with Crippen molar-refractivity contribution < 1.29 is 0 Å². The molecule has 0 amide bonds. The van der Waals surface area contributed by atoms with E-state index in [1.807, 2.05) is 7.05 Å². The van der Waals surface area contributed by atoms with Crippen molar-refractivity contribution in [3.63, 3.8) is 0 Å². The molecule has 0 aliphatic heterocycles. The number of hydrogen-bond acceptors (Lipinski definition) is 4. The largest absolute Gasteiger partial charge is 0.372 e. The Balaban J connectivity index is 2.10. The van der Waals surface area contributed by atoms with Gasteiger partial charge in [0.1, 0.15) is 22.4 Å². The van der Waals surface area contributed by atoms with E-state index in [0.29, 0.717) is 6.04 Å². The highest BCUT2D eigenvalue weighted by molar-refractivity contribution is 9.10. The van der Waals surface area contributed by atoms with Gasteiger partial charge < -0.3 is 10.2 Å². The summed E-state index contributed by atoms with van der Waals surface area (Å²) in [6.45, 7) is 2.30. The second-order valence-electron chi connectivity index (χ2n) is 5.30. The fourth-order valence-corrected chi connectivity index (χ4v) is 3.58. The quantitative estimate of drug-likeness (QED) is 0.916. The lowest BCUT2D eigenvalue weighted by Gasteiger charge is -2.35. The van der Waals surface area contributed by atoms with Crippen LogP contribution in [0.25, 0.3) is 0 Å². The first-order valence-electron chi connectivity index (χ1n) is 7.08. The van der Waals surface area contributed by atoms with Crippen LogP contribution in [0.5, 0.6) is 0 Å². The smallest absolute Gasteiger partial charge is 0.148 e. The standard InChI is InChI=1S/C14H23BrN4/c1-4-10-5-7-11(8-6-10)19(3)14-12(15)13(16-2)17-9-18-14/h9-11H,4-8H2,1-3H3,(H,16,17,18). The van der Waals surface area contributed by atoms with Crippen LogP contribution in [0.4, 0.5) is 11.6 Å². The van der Waals surface area contributed by atoms with E-state index in [4.69, 9.17) is 0 Å². The lowest BCUT2D eigenvalue weighted by atomic mass is 9.84. The van der Waals surface area contributed by atoms with Gasteiger partial charge in [0.2, 0.25) is 0 Å². The zero-order valence-electron chi connectivity index (χ0n) is 12.0. The summed E-state index contributed by atoms with van der Waals surface area (Å²) < 4.78 is 0.956. The number of anilines is 2. The van der Waals surface area contributed by atoms with E-state index in [1.165, 1.54) is 32.1 Å². The average molecular weight is 327 g/mol. The highest BCUT2D eigenvalue weighted by Gasteiger charge is 2.25. The molecule has 19 heavy (non-hydrogen) atoms. The summed E-state index contributed by atoms with van der Waals surface area (Å²) in [7, 11) is 4.02. The van der Waals surface area contributed by atoms with Gasteiger partial charge in [0.05, 0.1) is 0 Å². The van der Waals surface area contributed by atoms with Crippen LogP contribution in [0.3, 0.4) is 0 Å². The van der Waals surface area contributed by atoms with Crippen molar-refractivity contribution in [3.8, 4) is 0 Å². The van der Waals surface area contributed by atoms with Crippen molar-refractivity contribution in [2.75, 3.05) is 24.3 Å². The Morgan fingerprint density at radius 1 is 1.32 bits per heavy atom. The number of rotatable bonds is 4. The molecule has 0 radical (unpaired) electrons. The van der Waals surface area contributed by atoms with Crippen molar-refractivity contribution in [2.45, 2.75) is 45.1 Å². The molecule has 0 unspecified atom stereocenters. The van der Waals surface area contributed by atoms with Gasteiger partial charge in [0, 0.05) is 20.1 Å². The van der Waals surface area contributed by atoms with Gasteiger partial charge in [-0.25, -0.2) is 9.97 Å². The summed E-state index contributed by atoms with van der Waals surface area (Å²) in [6.07, 6.45) is 8.15. The monoisotopic (exact) mass is 326 g/mol. The molecule has 0 aromatic carbocycles. The minimum atomic E-state index is 0.596. The van der Waals surface area contributed by atoms with E-state index in [2.05, 4.69) is 50.1 Å². The second-order valence-corrected chi connectivity index (χ2v) is 6.10. The van der Waals surface area contributed by atoms with Gasteiger partial charge in [0.25, 0.3) is 0 Å². The van der Waals surface area contributed by atoms with E-state index in [-0.39, 0.29) is 0 Å². The molecule has 1 aromatic rings. The van der Waals surface area contributed by atoms with Crippen LogP contribution in [-0.2, 0) is 0 Å². The number of nitrogens with zero attached hydrogens (tertiary/aromatic N) is 3. The van der Waals surface area contributed by atoms with Crippen molar-refractivity contribution in [2.24, 2.45) is 5.92 Å². The Hall–Kier alpha value is -0.840. The first-order valence-corrected chi connectivity index (χ1v) is 7.87. The summed E-state index contributed by atoms with van der Waals surface area (Å²) in [5, 5.41) is 3.08. The van der Waals surface area contributed by atoms with Crippen LogP contribution in [0.2, 0.25) is 0 Å². The van der Waals surface area contributed by atoms with E-state index >= 15 is 0 Å². The SMILES string of the molecule is CCC1CCC(N(C)c2ncnc(NC)c2Br)CC1. The molecule has 0 atom stereocenters. The topological polar surface area (TPSA) is 41.1 Å². The third-order valence-electron chi connectivity index (χ3n) is 4.28. The maximum absolute atomic E-state index is 4.43. The van der Waals surface area contributed by atoms with Crippen LogP contribution >= 0.6 is 15.9 Å². The van der Waals surface area contributed by atoms with E-state index < -0.39 is 0 Å². The van der Waals surface area contributed by atoms with Gasteiger partial charge in [-0.15, -0.1) is 0 Å². The van der Waals surface area contributed by atoms with E-state index in [1.54, 1.807) is 6.33 Å². The zero-order valence-corrected chi connectivity index (χ0v) is 13.6. The Bertz CT molecular complexity index is 416. The first-order chi connectivity index (χ1) is 9.17. The van der Waals surface area contributed by atoms with Gasteiger partial charge in [0.15, 0.2) is 0 Å². The first kappa shape index (κ1) is 14.6.